The topological polar surface area (TPSA) is 54.4 Å². The van der Waals surface area contributed by atoms with Gasteiger partial charge in [-0.05, 0) is 43.9 Å². The van der Waals surface area contributed by atoms with Crippen molar-refractivity contribution in [2.75, 3.05) is 0 Å². The number of ketones is 2. The molecule has 1 N–H and O–H groups in total. The fraction of sp³-hybridized carbons (Fsp3) is 0.778. The second-order valence-electron chi connectivity index (χ2n) is 7.83. The highest BCUT2D eigenvalue weighted by atomic mass is 16.3. The van der Waals surface area contributed by atoms with Gasteiger partial charge in [0.05, 0.1) is 6.10 Å². The summed E-state index contributed by atoms with van der Waals surface area (Å²) >= 11 is 0. The zero-order chi connectivity index (χ0) is 14.8. The number of hydrogen-bond donors (Lipinski definition) is 1. The Bertz CT molecular complexity index is 547. The van der Waals surface area contributed by atoms with E-state index in [0.717, 1.165) is 25.7 Å². The van der Waals surface area contributed by atoms with Crippen LogP contribution in [0.5, 0.6) is 0 Å². The van der Waals surface area contributed by atoms with Gasteiger partial charge in [-0.25, -0.2) is 0 Å². The molecule has 4 rings (SSSR count). The van der Waals surface area contributed by atoms with Crippen LogP contribution in [0.3, 0.4) is 0 Å². The lowest BCUT2D eigenvalue weighted by molar-refractivity contribution is -0.135. The molecule has 3 heteroatoms. The number of allylic oxidation sites excluding steroid dienone is 1. The Morgan fingerprint density at radius 3 is 2.71 bits per heavy atom. The van der Waals surface area contributed by atoms with E-state index in [1.165, 1.54) is 11.1 Å². The molecule has 0 radical (unpaired) electrons. The monoisotopic (exact) mass is 288 g/mol. The molecule has 4 aliphatic rings. The Hall–Kier alpha value is -0.960. The third kappa shape index (κ3) is 1.82. The fourth-order valence-electron chi connectivity index (χ4n) is 5.90. The van der Waals surface area contributed by atoms with E-state index in [2.05, 4.69) is 6.92 Å². The van der Waals surface area contributed by atoms with Gasteiger partial charge in [-0.3, -0.25) is 9.59 Å². The molecule has 0 spiro atoms. The maximum absolute atomic E-state index is 12.3. The SMILES string of the molecule is C[C@]12C[C@H](O)C3C4=C(CCC3C1CCC2=O)CC(=O)CC4. The van der Waals surface area contributed by atoms with Crippen LogP contribution in [0.4, 0.5) is 0 Å². The third-order valence-electron chi connectivity index (χ3n) is 6.88. The summed E-state index contributed by atoms with van der Waals surface area (Å²) in [5.41, 5.74) is 2.42. The molecule has 0 bridgehead atoms. The highest BCUT2D eigenvalue weighted by Gasteiger charge is 2.58. The Labute approximate surface area is 125 Å². The Morgan fingerprint density at radius 1 is 1.10 bits per heavy atom. The van der Waals surface area contributed by atoms with Gasteiger partial charge in [-0.1, -0.05) is 18.1 Å². The largest absolute Gasteiger partial charge is 0.392 e. The molecular formula is C18H24O3. The van der Waals surface area contributed by atoms with Crippen molar-refractivity contribution in [1.29, 1.82) is 0 Å². The summed E-state index contributed by atoms with van der Waals surface area (Å²) in [5, 5.41) is 10.8. The van der Waals surface area contributed by atoms with Crippen molar-refractivity contribution in [3.8, 4) is 0 Å². The van der Waals surface area contributed by atoms with E-state index in [1.807, 2.05) is 0 Å². The summed E-state index contributed by atoms with van der Waals surface area (Å²) in [4.78, 5) is 24.0. The van der Waals surface area contributed by atoms with Crippen LogP contribution in [0.25, 0.3) is 0 Å². The number of rotatable bonds is 0. The molecule has 4 aliphatic carbocycles. The molecule has 0 aromatic carbocycles. The van der Waals surface area contributed by atoms with Crippen molar-refractivity contribution in [2.24, 2.45) is 23.2 Å². The number of hydrogen-bond acceptors (Lipinski definition) is 3. The number of carbonyl (C=O) groups is 2. The average molecular weight is 288 g/mol. The van der Waals surface area contributed by atoms with Gasteiger partial charge in [0.15, 0.2) is 0 Å². The number of aliphatic hydroxyl groups excluding tert-OH is 1. The summed E-state index contributed by atoms with van der Waals surface area (Å²) in [6, 6.07) is 0. The van der Waals surface area contributed by atoms with Crippen molar-refractivity contribution >= 4 is 11.6 Å². The van der Waals surface area contributed by atoms with Crippen LogP contribution < -0.4 is 0 Å². The lowest BCUT2D eigenvalue weighted by Gasteiger charge is -2.52. The first-order valence-electron chi connectivity index (χ1n) is 8.44. The lowest BCUT2D eigenvalue weighted by atomic mass is 9.53. The van der Waals surface area contributed by atoms with Crippen molar-refractivity contribution in [1.82, 2.24) is 0 Å². The van der Waals surface area contributed by atoms with Crippen molar-refractivity contribution < 1.29 is 14.7 Å². The van der Waals surface area contributed by atoms with E-state index in [0.29, 0.717) is 49.1 Å². The summed E-state index contributed by atoms with van der Waals surface area (Å²) < 4.78 is 0. The first-order valence-corrected chi connectivity index (χ1v) is 8.44. The van der Waals surface area contributed by atoms with E-state index in [4.69, 9.17) is 0 Å². The molecular weight excluding hydrogens is 264 g/mol. The van der Waals surface area contributed by atoms with Crippen LogP contribution in [0, 0.1) is 23.2 Å². The van der Waals surface area contributed by atoms with Crippen LogP contribution in [-0.4, -0.2) is 22.8 Å². The van der Waals surface area contributed by atoms with E-state index in [1.54, 1.807) is 0 Å². The molecule has 3 nitrogen and oxygen atoms in total. The summed E-state index contributed by atoms with van der Waals surface area (Å²) in [5.74, 6) is 1.86. The molecule has 2 fully saturated rings. The summed E-state index contributed by atoms with van der Waals surface area (Å²) in [7, 11) is 0. The molecule has 2 saturated carbocycles. The minimum Gasteiger partial charge on any atom is -0.392 e. The van der Waals surface area contributed by atoms with E-state index >= 15 is 0 Å². The second kappa shape index (κ2) is 4.52. The summed E-state index contributed by atoms with van der Waals surface area (Å²) in [6.45, 7) is 2.08. The Kier molecular flexibility index (Phi) is 2.94. The van der Waals surface area contributed by atoms with Crippen LogP contribution in [0.2, 0.25) is 0 Å². The number of carbonyl (C=O) groups excluding carboxylic acids is 2. The molecule has 114 valence electrons. The molecule has 0 saturated heterocycles. The molecule has 21 heavy (non-hydrogen) atoms. The fourth-order valence-corrected chi connectivity index (χ4v) is 5.90. The van der Waals surface area contributed by atoms with Gasteiger partial charge in [0.1, 0.15) is 11.6 Å². The minimum atomic E-state index is -0.392. The lowest BCUT2D eigenvalue weighted by Crippen LogP contribution is -2.50. The highest BCUT2D eigenvalue weighted by Crippen LogP contribution is 2.59. The van der Waals surface area contributed by atoms with Crippen molar-refractivity contribution in [3.63, 3.8) is 0 Å². The number of aliphatic hydroxyl groups is 1. The highest BCUT2D eigenvalue weighted by molar-refractivity contribution is 5.87. The van der Waals surface area contributed by atoms with Gasteiger partial charge in [-0.2, -0.15) is 0 Å². The summed E-state index contributed by atoms with van der Waals surface area (Å²) in [6.07, 6.45) is 6.12. The molecule has 0 amide bonds. The Balaban J connectivity index is 1.72. The molecule has 0 aromatic rings. The maximum atomic E-state index is 12.3. The first-order chi connectivity index (χ1) is 10.0. The normalized spacial score (nSPS) is 46.2. The van der Waals surface area contributed by atoms with E-state index in [-0.39, 0.29) is 11.3 Å². The number of Topliss-reactive ketones (excluding diaryl/α,β-unsaturated/α-hetero) is 2. The van der Waals surface area contributed by atoms with E-state index < -0.39 is 6.10 Å². The first kappa shape index (κ1) is 13.7. The van der Waals surface area contributed by atoms with Gasteiger partial charge >= 0.3 is 0 Å². The van der Waals surface area contributed by atoms with Crippen LogP contribution in [0.1, 0.15) is 58.3 Å². The van der Waals surface area contributed by atoms with Gasteiger partial charge < -0.3 is 5.11 Å². The van der Waals surface area contributed by atoms with Crippen molar-refractivity contribution in [2.45, 2.75) is 64.4 Å². The van der Waals surface area contributed by atoms with Gasteiger partial charge in [0, 0.05) is 30.6 Å². The molecule has 3 unspecified atom stereocenters. The molecule has 0 heterocycles. The van der Waals surface area contributed by atoms with Gasteiger partial charge in [0.2, 0.25) is 0 Å². The van der Waals surface area contributed by atoms with Crippen LogP contribution >= 0.6 is 0 Å². The van der Waals surface area contributed by atoms with Crippen LogP contribution in [-0.2, 0) is 9.59 Å². The van der Waals surface area contributed by atoms with Gasteiger partial charge in [-0.15, -0.1) is 0 Å². The predicted octanol–water partition coefficient (Wildman–Crippen LogP) is 2.81. The maximum Gasteiger partial charge on any atom is 0.139 e. The number of fused-ring (bicyclic) bond motifs is 4. The smallest absolute Gasteiger partial charge is 0.139 e. The second-order valence-corrected chi connectivity index (χ2v) is 7.83. The predicted molar refractivity (Wildman–Crippen MR) is 78.6 cm³/mol. The van der Waals surface area contributed by atoms with Crippen LogP contribution in [0.15, 0.2) is 11.1 Å². The van der Waals surface area contributed by atoms with Gasteiger partial charge in [0.25, 0.3) is 0 Å². The van der Waals surface area contributed by atoms with E-state index in [9.17, 15) is 14.7 Å². The zero-order valence-corrected chi connectivity index (χ0v) is 12.7. The molecule has 0 aliphatic heterocycles. The average Bonchev–Trinajstić information content (AvgIpc) is 2.74. The minimum absolute atomic E-state index is 0.228. The Morgan fingerprint density at radius 2 is 1.90 bits per heavy atom. The zero-order valence-electron chi connectivity index (χ0n) is 12.7. The standard InChI is InChI=1S/C18H24O3/c1-18-9-15(20)17-12-5-3-11(19)8-10(12)2-4-13(17)14(18)6-7-16(18)21/h13-15,17,20H,2-9H2,1H3/t13?,14?,15-,17?,18-/m0/s1. The molecule has 0 aromatic heterocycles. The van der Waals surface area contributed by atoms with Crippen molar-refractivity contribution in [3.05, 3.63) is 11.1 Å². The quantitative estimate of drug-likeness (QED) is 0.697. The molecule has 5 atom stereocenters. The third-order valence-corrected chi connectivity index (χ3v) is 6.88.